The Labute approximate surface area is 95.7 Å². The molecule has 0 fully saturated rings. The first-order valence-electron chi connectivity index (χ1n) is 4.71. The minimum Gasteiger partial charge on any atom is -0.385 e. The summed E-state index contributed by atoms with van der Waals surface area (Å²) in [6.45, 7) is 1.37. The Balaban J connectivity index is 3.11. The van der Waals surface area contributed by atoms with E-state index in [2.05, 4.69) is 0 Å². The number of benzene rings is 1. The SMILES string of the molecule is Cc1cc(C(F)(F)F)ccc1C(O)C(O)C#N. The number of aliphatic hydroxyl groups excluding tert-OH is 2. The summed E-state index contributed by atoms with van der Waals surface area (Å²) in [4.78, 5) is 0. The second-order valence-corrected chi connectivity index (χ2v) is 3.59. The van der Waals surface area contributed by atoms with Crippen LogP contribution >= 0.6 is 0 Å². The minimum absolute atomic E-state index is 0.104. The topological polar surface area (TPSA) is 64.2 Å². The number of alkyl halides is 3. The first-order valence-corrected chi connectivity index (χ1v) is 4.71. The predicted octanol–water partition coefficient (Wildman–Crippen LogP) is 1.93. The van der Waals surface area contributed by atoms with Gasteiger partial charge in [-0.05, 0) is 30.2 Å². The van der Waals surface area contributed by atoms with Crippen LogP contribution in [0.15, 0.2) is 18.2 Å². The molecular formula is C11H10F3NO2. The fourth-order valence-corrected chi connectivity index (χ4v) is 1.42. The summed E-state index contributed by atoms with van der Waals surface area (Å²) in [6.07, 6.45) is -7.63. The largest absolute Gasteiger partial charge is 0.416 e. The van der Waals surface area contributed by atoms with E-state index in [1.807, 2.05) is 0 Å². The van der Waals surface area contributed by atoms with E-state index in [9.17, 15) is 18.3 Å². The molecule has 2 unspecified atom stereocenters. The molecule has 0 aliphatic heterocycles. The predicted molar refractivity (Wildman–Crippen MR) is 52.8 cm³/mol. The minimum atomic E-state index is -4.46. The van der Waals surface area contributed by atoms with Gasteiger partial charge in [0.1, 0.15) is 6.10 Å². The molecule has 17 heavy (non-hydrogen) atoms. The molecule has 0 amide bonds. The third kappa shape index (κ3) is 2.96. The van der Waals surface area contributed by atoms with Gasteiger partial charge in [-0.3, -0.25) is 0 Å². The molecule has 0 aliphatic rings. The molecule has 3 nitrogen and oxygen atoms in total. The lowest BCUT2D eigenvalue weighted by Crippen LogP contribution is -2.17. The Kier molecular flexibility index (Phi) is 3.76. The zero-order chi connectivity index (χ0) is 13.2. The van der Waals surface area contributed by atoms with Crippen molar-refractivity contribution in [3.8, 4) is 6.07 Å². The molecule has 0 saturated heterocycles. The molecule has 1 rings (SSSR count). The van der Waals surface area contributed by atoms with E-state index in [0.717, 1.165) is 18.2 Å². The Morgan fingerprint density at radius 3 is 2.29 bits per heavy atom. The number of hydrogen-bond donors (Lipinski definition) is 2. The first kappa shape index (κ1) is 13.5. The quantitative estimate of drug-likeness (QED) is 0.782. The van der Waals surface area contributed by atoms with Crippen LogP contribution in [0.1, 0.15) is 22.8 Å². The number of aliphatic hydroxyl groups is 2. The molecule has 0 aliphatic carbocycles. The Hall–Kier alpha value is -1.58. The van der Waals surface area contributed by atoms with Gasteiger partial charge in [0.2, 0.25) is 0 Å². The zero-order valence-electron chi connectivity index (χ0n) is 8.86. The number of hydrogen-bond acceptors (Lipinski definition) is 3. The highest BCUT2D eigenvalue weighted by Crippen LogP contribution is 2.32. The van der Waals surface area contributed by atoms with Crippen LogP contribution in [0, 0.1) is 18.3 Å². The van der Waals surface area contributed by atoms with Crippen molar-refractivity contribution in [3.05, 3.63) is 34.9 Å². The molecule has 1 aromatic rings. The van der Waals surface area contributed by atoms with Gasteiger partial charge in [0.05, 0.1) is 11.6 Å². The van der Waals surface area contributed by atoms with E-state index in [1.54, 1.807) is 0 Å². The van der Waals surface area contributed by atoms with Crippen molar-refractivity contribution in [2.24, 2.45) is 0 Å². The van der Waals surface area contributed by atoms with Crippen LogP contribution in [-0.4, -0.2) is 16.3 Å². The second-order valence-electron chi connectivity index (χ2n) is 3.59. The van der Waals surface area contributed by atoms with Gasteiger partial charge in [-0.15, -0.1) is 0 Å². The molecule has 2 atom stereocenters. The molecule has 0 saturated carbocycles. The highest BCUT2D eigenvalue weighted by molar-refractivity contribution is 5.35. The van der Waals surface area contributed by atoms with Gasteiger partial charge in [0.15, 0.2) is 6.10 Å². The van der Waals surface area contributed by atoms with E-state index < -0.39 is 23.9 Å². The number of nitrogens with zero attached hydrogens (tertiary/aromatic N) is 1. The number of nitriles is 1. The Morgan fingerprint density at radius 1 is 1.29 bits per heavy atom. The maximum Gasteiger partial charge on any atom is 0.416 e. The Bertz CT molecular complexity index is 451. The normalized spacial score (nSPS) is 15.1. The molecule has 92 valence electrons. The van der Waals surface area contributed by atoms with E-state index in [0.29, 0.717) is 0 Å². The molecule has 0 aromatic heterocycles. The van der Waals surface area contributed by atoms with Crippen molar-refractivity contribution >= 4 is 0 Å². The molecule has 0 heterocycles. The van der Waals surface area contributed by atoms with Crippen LogP contribution in [0.3, 0.4) is 0 Å². The average molecular weight is 245 g/mol. The highest BCUT2D eigenvalue weighted by atomic mass is 19.4. The summed E-state index contributed by atoms with van der Waals surface area (Å²) in [5, 5.41) is 27.0. The van der Waals surface area contributed by atoms with E-state index in [-0.39, 0.29) is 11.1 Å². The van der Waals surface area contributed by atoms with Gasteiger partial charge in [0.25, 0.3) is 0 Å². The first-order chi connectivity index (χ1) is 7.77. The van der Waals surface area contributed by atoms with E-state index in [4.69, 9.17) is 10.4 Å². The van der Waals surface area contributed by atoms with Crippen molar-refractivity contribution in [2.45, 2.75) is 25.3 Å². The summed E-state index contributed by atoms with van der Waals surface area (Å²) in [6, 6.07) is 4.14. The Morgan fingerprint density at radius 2 is 1.88 bits per heavy atom. The fourth-order valence-electron chi connectivity index (χ4n) is 1.42. The lowest BCUT2D eigenvalue weighted by Gasteiger charge is -2.16. The van der Waals surface area contributed by atoms with Crippen LogP contribution in [0.5, 0.6) is 0 Å². The second kappa shape index (κ2) is 4.73. The van der Waals surface area contributed by atoms with Crippen LogP contribution in [0.25, 0.3) is 0 Å². The van der Waals surface area contributed by atoms with Gasteiger partial charge >= 0.3 is 6.18 Å². The van der Waals surface area contributed by atoms with Crippen LogP contribution in [0.4, 0.5) is 13.2 Å². The van der Waals surface area contributed by atoms with Gasteiger partial charge in [0, 0.05) is 0 Å². The van der Waals surface area contributed by atoms with Crippen molar-refractivity contribution in [1.82, 2.24) is 0 Å². The highest BCUT2D eigenvalue weighted by Gasteiger charge is 2.31. The molecule has 2 N–H and O–H groups in total. The molecule has 0 spiro atoms. The summed E-state index contributed by atoms with van der Waals surface area (Å²) in [5.41, 5.74) is -0.564. The molecule has 1 aromatic carbocycles. The van der Waals surface area contributed by atoms with Crippen LogP contribution in [0.2, 0.25) is 0 Å². The van der Waals surface area contributed by atoms with Gasteiger partial charge in [-0.2, -0.15) is 18.4 Å². The standard InChI is InChI=1S/C11H10F3NO2/c1-6-4-7(11(12,13)14)2-3-8(6)10(17)9(16)5-15/h2-4,9-10,16-17H,1H3. The van der Waals surface area contributed by atoms with Crippen molar-refractivity contribution in [2.75, 3.05) is 0 Å². The van der Waals surface area contributed by atoms with Crippen molar-refractivity contribution < 1.29 is 23.4 Å². The van der Waals surface area contributed by atoms with Gasteiger partial charge < -0.3 is 10.2 Å². The molecule has 0 radical (unpaired) electrons. The zero-order valence-corrected chi connectivity index (χ0v) is 8.86. The number of aryl methyl sites for hydroxylation is 1. The molecule has 0 bridgehead atoms. The molecule has 6 heteroatoms. The smallest absolute Gasteiger partial charge is 0.385 e. The summed E-state index contributed by atoms with van der Waals surface area (Å²) in [5.74, 6) is 0. The third-order valence-corrected chi connectivity index (χ3v) is 2.35. The van der Waals surface area contributed by atoms with Crippen LogP contribution < -0.4 is 0 Å². The summed E-state index contributed by atoms with van der Waals surface area (Å²) < 4.78 is 37.1. The summed E-state index contributed by atoms with van der Waals surface area (Å²) >= 11 is 0. The molecular weight excluding hydrogens is 235 g/mol. The lowest BCUT2D eigenvalue weighted by atomic mass is 9.98. The van der Waals surface area contributed by atoms with Gasteiger partial charge in [-0.25, -0.2) is 0 Å². The summed E-state index contributed by atoms with van der Waals surface area (Å²) in [7, 11) is 0. The van der Waals surface area contributed by atoms with E-state index >= 15 is 0 Å². The van der Waals surface area contributed by atoms with Gasteiger partial charge in [-0.1, -0.05) is 6.07 Å². The van der Waals surface area contributed by atoms with Crippen molar-refractivity contribution in [1.29, 1.82) is 5.26 Å². The van der Waals surface area contributed by atoms with Crippen LogP contribution in [-0.2, 0) is 6.18 Å². The lowest BCUT2D eigenvalue weighted by molar-refractivity contribution is -0.137. The maximum absolute atomic E-state index is 12.4. The fraction of sp³-hybridized carbons (Fsp3) is 0.364. The van der Waals surface area contributed by atoms with Crippen molar-refractivity contribution in [3.63, 3.8) is 0 Å². The maximum atomic E-state index is 12.4. The third-order valence-electron chi connectivity index (χ3n) is 2.35. The monoisotopic (exact) mass is 245 g/mol. The number of rotatable bonds is 2. The van der Waals surface area contributed by atoms with E-state index in [1.165, 1.54) is 13.0 Å². The average Bonchev–Trinajstić information content (AvgIpc) is 2.25. The number of halogens is 3.